The first-order valence-electron chi connectivity index (χ1n) is 15.8. The van der Waals surface area contributed by atoms with Gasteiger partial charge in [0.25, 0.3) is 0 Å². The highest BCUT2D eigenvalue weighted by atomic mass is 19.4. The van der Waals surface area contributed by atoms with Gasteiger partial charge in [0, 0.05) is 11.6 Å². The second-order valence-electron chi connectivity index (χ2n) is 12.1. The molecule has 0 saturated heterocycles. The Bertz CT molecular complexity index is 1690. The highest BCUT2D eigenvalue weighted by Gasteiger charge is 2.42. The number of halogens is 9. The average molecular weight is 681 g/mol. The molecule has 4 aromatic carbocycles. The Kier molecular flexibility index (Phi) is 10.7. The Morgan fingerprint density at radius 2 is 1.25 bits per heavy atom. The molecule has 0 atom stereocenters. The van der Waals surface area contributed by atoms with Crippen LogP contribution in [-0.2, 0) is 6.11 Å². The maximum absolute atomic E-state index is 15.1. The fourth-order valence-electron chi connectivity index (χ4n) is 6.30. The summed E-state index contributed by atoms with van der Waals surface area (Å²) in [7, 11) is 0. The molecule has 0 aliphatic heterocycles. The number of benzene rings is 4. The Balaban J connectivity index is 1.26. The fourth-order valence-corrected chi connectivity index (χ4v) is 6.30. The predicted octanol–water partition coefficient (Wildman–Crippen LogP) is 12.5. The van der Waals surface area contributed by atoms with Gasteiger partial charge in [-0.1, -0.05) is 62.9 Å². The monoisotopic (exact) mass is 680 g/mol. The second kappa shape index (κ2) is 14.5. The third kappa shape index (κ3) is 8.46. The lowest BCUT2D eigenvalue weighted by Gasteiger charge is -2.29. The summed E-state index contributed by atoms with van der Waals surface area (Å²) in [4.78, 5) is 0. The van der Waals surface area contributed by atoms with Gasteiger partial charge in [0.05, 0.1) is 0 Å². The summed E-state index contributed by atoms with van der Waals surface area (Å²) in [6, 6.07) is 13.4. The van der Waals surface area contributed by atoms with Gasteiger partial charge in [-0.15, -0.1) is 13.2 Å². The minimum absolute atomic E-state index is 0.0286. The van der Waals surface area contributed by atoms with Crippen molar-refractivity contribution in [2.45, 2.75) is 76.7 Å². The van der Waals surface area contributed by atoms with Gasteiger partial charge in [0.2, 0.25) is 0 Å². The van der Waals surface area contributed by atoms with Crippen LogP contribution in [0.25, 0.3) is 22.3 Å². The zero-order chi connectivity index (χ0) is 34.6. The molecule has 0 radical (unpaired) electrons. The van der Waals surface area contributed by atoms with Gasteiger partial charge >= 0.3 is 12.5 Å². The van der Waals surface area contributed by atoms with Crippen LogP contribution < -0.4 is 9.47 Å². The van der Waals surface area contributed by atoms with E-state index in [2.05, 4.69) is 16.4 Å². The molecule has 1 aliphatic rings. The normalized spacial score (nSPS) is 17.0. The van der Waals surface area contributed by atoms with Crippen LogP contribution in [0.4, 0.5) is 39.5 Å². The predicted molar refractivity (Wildman–Crippen MR) is 164 cm³/mol. The van der Waals surface area contributed by atoms with Crippen LogP contribution >= 0.6 is 0 Å². The molecule has 11 heteroatoms. The summed E-state index contributed by atoms with van der Waals surface area (Å²) >= 11 is 0. The van der Waals surface area contributed by atoms with E-state index in [0.717, 1.165) is 81.3 Å². The van der Waals surface area contributed by atoms with E-state index in [1.807, 2.05) is 0 Å². The van der Waals surface area contributed by atoms with E-state index in [0.29, 0.717) is 23.1 Å². The lowest BCUT2D eigenvalue weighted by Crippen LogP contribution is -2.26. The van der Waals surface area contributed by atoms with E-state index in [1.54, 1.807) is 0 Å². The molecule has 1 saturated carbocycles. The molecule has 5 rings (SSSR count). The number of hydrogen-bond donors (Lipinski definition) is 0. The van der Waals surface area contributed by atoms with E-state index in [4.69, 9.17) is 0 Å². The van der Waals surface area contributed by atoms with Crippen LogP contribution in [0.1, 0.15) is 75.3 Å². The fraction of sp³-hybridized carbons (Fsp3) is 0.351. The molecular weight excluding hydrogens is 647 g/mol. The van der Waals surface area contributed by atoms with Crippen molar-refractivity contribution in [2.75, 3.05) is 0 Å². The van der Waals surface area contributed by atoms with E-state index in [9.17, 15) is 17.6 Å². The second-order valence-corrected chi connectivity index (χ2v) is 12.1. The van der Waals surface area contributed by atoms with Crippen LogP contribution in [0.2, 0.25) is 0 Å². The van der Waals surface area contributed by atoms with Crippen molar-refractivity contribution in [3.05, 3.63) is 107 Å². The van der Waals surface area contributed by atoms with Gasteiger partial charge < -0.3 is 9.47 Å². The summed E-state index contributed by atoms with van der Waals surface area (Å²) in [5.41, 5.74) is -0.363. The van der Waals surface area contributed by atoms with Crippen molar-refractivity contribution in [3.63, 3.8) is 0 Å². The van der Waals surface area contributed by atoms with Crippen molar-refractivity contribution >= 4 is 0 Å². The molecule has 0 spiro atoms. The van der Waals surface area contributed by atoms with Crippen LogP contribution in [0.5, 0.6) is 11.5 Å². The van der Waals surface area contributed by atoms with Crippen molar-refractivity contribution < 1.29 is 49.0 Å². The Hall–Kier alpha value is -4.15. The molecule has 0 N–H and O–H groups in total. The average Bonchev–Trinajstić information content (AvgIpc) is 3.01. The number of hydrogen-bond acceptors (Lipinski definition) is 2. The summed E-state index contributed by atoms with van der Waals surface area (Å²) in [5.74, 6) is -6.33. The zero-order valence-corrected chi connectivity index (χ0v) is 26.0. The number of alkyl halides is 5. The lowest BCUT2D eigenvalue weighted by molar-refractivity contribution is -0.275. The summed E-state index contributed by atoms with van der Waals surface area (Å²) < 4.78 is 135. The summed E-state index contributed by atoms with van der Waals surface area (Å²) in [6.07, 6.45) is -1.66. The van der Waals surface area contributed by atoms with Gasteiger partial charge in [-0.3, -0.25) is 0 Å². The third-order valence-electron chi connectivity index (χ3n) is 8.76. The van der Waals surface area contributed by atoms with Crippen molar-refractivity contribution in [2.24, 2.45) is 5.92 Å². The SMILES string of the molecule is CCCCCC1CCC(c2cc(F)c(C(F)(F)Oc3ccc(-c4ccc(-c5ccc(OC(F)(F)F)c(F)c5)cc4)c(F)c3)c(F)c2)CC1. The molecule has 0 heterocycles. The van der Waals surface area contributed by atoms with E-state index >= 15 is 22.0 Å². The molecule has 4 aromatic rings. The molecule has 48 heavy (non-hydrogen) atoms. The standard InChI is InChI=1S/C37H33F9O2/c1-2-3-4-5-22-6-8-24(9-7-22)27-19-32(40)35(33(41)20-27)36(42,43)47-28-15-16-29(30(38)21-28)25-12-10-23(11-13-25)26-14-17-34(31(39)18-26)48-37(44,45)46/h10-22,24H,2-9H2,1H3. The van der Waals surface area contributed by atoms with Crippen LogP contribution in [0.3, 0.4) is 0 Å². The Morgan fingerprint density at radius 1 is 0.625 bits per heavy atom. The third-order valence-corrected chi connectivity index (χ3v) is 8.76. The highest BCUT2D eigenvalue weighted by Crippen LogP contribution is 2.42. The van der Waals surface area contributed by atoms with Gasteiger partial charge in [-0.05, 0) is 96.2 Å². The van der Waals surface area contributed by atoms with Crippen molar-refractivity contribution in [3.8, 4) is 33.8 Å². The van der Waals surface area contributed by atoms with Crippen LogP contribution in [0.15, 0.2) is 72.8 Å². The van der Waals surface area contributed by atoms with Gasteiger partial charge in [0.15, 0.2) is 11.6 Å². The van der Waals surface area contributed by atoms with Crippen molar-refractivity contribution in [1.82, 2.24) is 0 Å². The Morgan fingerprint density at radius 3 is 1.83 bits per heavy atom. The van der Waals surface area contributed by atoms with Gasteiger partial charge in [-0.2, -0.15) is 8.78 Å². The molecule has 1 aliphatic carbocycles. The number of unbranched alkanes of at least 4 members (excludes halogenated alkanes) is 2. The zero-order valence-electron chi connectivity index (χ0n) is 26.0. The van der Waals surface area contributed by atoms with Gasteiger partial charge in [-0.25, -0.2) is 17.6 Å². The minimum atomic E-state index is -5.06. The Labute approximate surface area is 272 Å². The molecule has 256 valence electrons. The first-order valence-corrected chi connectivity index (χ1v) is 15.8. The molecule has 0 bridgehead atoms. The first-order chi connectivity index (χ1) is 22.7. The van der Waals surface area contributed by atoms with Gasteiger partial charge in [0.1, 0.15) is 28.8 Å². The maximum Gasteiger partial charge on any atom is 0.573 e. The van der Waals surface area contributed by atoms with Crippen LogP contribution in [-0.4, -0.2) is 6.36 Å². The maximum atomic E-state index is 15.1. The van der Waals surface area contributed by atoms with Crippen LogP contribution in [0, 0.1) is 29.2 Å². The molecule has 0 aromatic heterocycles. The summed E-state index contributed by atoms with van der Waals surface area (Å²) in [5, 5.41) is 0. The van der Waals surface area contributed by atoms with E-state index in [1.165, 1.54) is 36.8 Å². The van der Waals surface area contributed by atoms with E-state index in [-0.39, 0.29) is 22.6 Å². The molecule has 0 unspecified atom stereocenters. The highest BCUT2D eigenvalue weighted by molar-refractivity contribution is 5.71. The quantitative estimate of drug-likeness (QED) is 0.116. The number of ether oxygens (including phenoxy) is 2. The lowest BCUT2D eigenvalue weighted by atomic mass is 9.77. The molecule has 2 nitrogen and oxygen atoms in total. The smallest absolute Gasteiger partial charge is 0.429 e. The topological polar surface area (TPSA) is 18.5 Å². The summed E-state index contributed by atoms with van der Waals surface area (Å²) in [6.45, 7) is 2.14. The first kappa shape index (κ1) is 35.2. The van der Waals surface area contributed by atoms with E-state index < -0.39 is 52.8 Å². The molecular formula is C37H33F9O2. The molecule has 0 amide bonds. The largest absolute Gasteiger partial charge is 0.573 e. The minimum Gasteiger partial charge on any atom is -0.429 e. The number of rotatable bonds is 11. The van der Waals surface area contributed by atoms with Crippen molar-refractivity contribution in [1.29, 1.82) is 0 Å². The molecule has 1 fully saturated rings.